The molecule has 5 rings (SSSR count). The molecule has 3 heterocycles. The summed E-state index contributed by atoms with van der Waals surface area (Å²) in [6, 6.07) is 4.44. The van der Waals surface area contributed by atoms with Gasteiger partial charge in [-0.2, -0.15) is 5.10 Å². The van der Waals surface area contributed by atoms with Crippen LogP contribution in [0.2, 0.25) is 0 Å². The lowest BCUT2D eigenvalue weighted by atomic mass is 9.92. The summed E-state index contributed by atoms with van der Waals surface area (Å²) in [6.07, 6.45) is 11.4. The van der Waals surface area contributed by atoms with E-state index in [-0.39, 0.29) is 6.10 Å². The van der Waals surface area contributed by atoms with Gasteiger partial charge in [0, 0.05) is 18.7 Å². The van der Waals surface area contributed by atoms with E-state index in [1.165, 1.54) is 29.5 Å². The van der Waals surface area contributed by atoms with Crippen LogP contribution in [0.5, 0.6) is 5.75 Å². The van der Waals surface area contributed by atoms with Gasteiger partial charge in [0.15, 0.2) is 17.4 Å². The number of anilines is 1. The van der Waals surface area contributed by atoms with E-state index in [4.69, 9.17) is 15.5 Å². The third-order valence-electron chi connectivity index (χ3n) is 6.21. The van der Waals surface area contributed by atoms with E-state index in [0.717, 1.165) is 49.4 Å². The number of nitrogens with zero attached hydrogens (tertiary/aromatic N) is 5. The van der Waals surface area contributed by atoms with Crippen LogP contribution < -0.4 is 10.5 Å². The standard InChI is InChI=1S/C23H28N6O/c1-15-9-16(10-17-13-28(2)8-7-20(15)17)21-12-25-22(24)23(27-21)29-14-19(11-26-29)30-18-5-3-4-6-18/h9-12,14,18H,3-8,13H2,1-2H3,(H2,24,25). The molecule has 7 heteroatoms. The van der Waals surface area contributed by atoms with Crippen molar-refractivity contribution in [2.75, 3.05) is 19.3 Å². The molecule has 0 atom stereocenters. The van der Waals surface area contributed by atoms with Crippen LogP contribution in [0.25, 0.3) is 17.1 Å². The molecular formula is C23H28N6O. The normalized spacial score (nSPS) is 17.3. The monoisotopic (exact) mass is 404 g/mol. The molecule has 1 aliphatic heterocycles. The summed E-state index contributed by atoms with van der Waals surface area (Å²) < 4.78 is 7.71. The Balaban J connectivity index is 1.46. The van der Waals surface area contributed by atoms with E-state index >= 15 is 0 Å². The molecule has 0 radical (unpaired) electrons. The van der Waals surface area contributed by atoms with Gasteiger partial charge in [0.1, 0.15) is 0 Å². The number of fused-ring (bicyclic) bond motifs is 1. The molecule has 2 N–H and O–H groups in total. The number of nitrogens with two attached hydrogens (primary N) is 1. The highest BCUT2D eigenvalue weighted by molar-refractivity contribution is 5.65. The Morgan fingerprint density at radius 2 is 2.00 bits per heavy atom. The molecule has 3 aromatic rings. The maximum absolute atomic E-state index is 6.15. The fourth-order valence-corrected chi connectivity index (χ4v) is 4.59. The zero-order valence-electron chi connectivity index (χ0n) is 17.6. The van der Waals surface area contributed by atoms with Crippen molar-refractivity contribution in [2.45, 2.75) is 51.7 Å². The van der Waals surface area contributed by atoms with Crippen molar-refractivity contribution in [1.82, 2.24) is 24.6 Å². The van der Waals surface area contributed by atoms with Crippen LogP contribution in [0.4, 0.5) is 5.82 Å². The van der Waals surface area contributed by atoms with E-state index in [1.54, 1.807) is 17.1 Å². The quantitative estimate of drug-likeness (QED) is 0.716. The molecule has 156 valence electrons. The Labute approximate surface area is 176 Å². The molecular weight excluding hydrogens is 376 g/mol. The van der Waals surface area contributed by atoms with E-state index in [1.807, 2.05) is 6.20 Å². The number of benzene rings is 1. The van der Waals surface area contributed by atoms with E-state index < -0.39 is 0 Å². The lowest BCUT2D eigenvalue weighted by Crippen LogP contribution is -2.27. The van der Waals surface area contributed by atoms with E-state index in [9.17, 15) is 0 Å². The van der Waals surface area contributed by atoms with Gasteiger partial charge in [-0.15, -0.1) is 0 Å². The molecule has 2 aromatic heterocycles. The maximum atomic E-state index is 6.15. The fourth-order valence-electron chi connectivity index (χ4n) is 4.59. The van der Waals surface area contributed by atoms with Crippen LogP contribution in [-0.4, -0.2) is 44.3 Å². The first kappa shape index (κ1) is 19.1. The van der Waals surface area contributed by atoms with Crippen molar-refractivity contribution < 1.29 is 4.74 Å². The second-order valence-corrected chi connectivity index (χ2v) is 8.53. The van der Waals surface area contributed by atoms with Crippen molar-refractivity contribution in [1.29, 1.82) is 0 Å². The van der Waals surface area contributed by atoms with Gasteiger partial charge < -0.3 is 15.4 Å². The third kappa shape index (κ3) is 3.65. The topological polar surface area (TPSA) is 82.1 Å². The Morgan fingerprint density at radius 1 is 1.17 bits per heavy atom. The van der Waals surface area contributed by atoms with Gasteiger partial charge in [-0.1, -0.05) is 0 Å². The molecule has 0 saturated heterocycles. The number of aromatic nitrogens is 4. The van der Waals surface area contributed by atoms with Crippen LogP contribution in [0.3, 0.4) is 0 Å². The minimum Gasteiger partial charge on any atom is -0.487 e. The van der Waals surface area contributed by atoms with Crippen molar-refractivity contribution in [3.63, 3.8) is 0 Å². The second kappa shape index (κ2) is 7.72. The average molecular weight is 405 g/mol. The van der Waals surface area contributed by atoms with E-state index in [2.05, 4.69) is 41.1 Å². The molecule has 1 saturated carbocycles. The molecule has 1 aromatic carbocycles. The summed E-state index contributed by atoms with van der Waals surface area (Å²) in [4.78, 5) is 11.6. The zero-order valence-corrected chi connectivity index (χ0v) is 17.6. The molecule has 7 nitrogen and oxygen atoms in total. The Hall–Kier alpha value is -2.93. The van der Waals surface area contributed by atoms with Crippen LogP contribution in [-0.2, 0) is 13.0 Å². The average Bonchev–Trinajstić information content (AvgIpc) is 3.40. The van der Waals surface area contributed by atoms with Crippen molar-refractivity contribution in [3.05, 3.63) is 47.4 Å². The largest absolute Gasteiger partial charge is 0.487 e. The Bertz CT molecular complexity index is 1070. The maximum Gasteiger partial charge on any atom is 0.197 e. The van der Waals surface area contributed by atoms with Crippen molar-refractivity contribution in [3.8, 4) is 22.8 Å². The van der Waals surface area contributed by atoms with Crippen LogP contribution in [0.15, 0.2) is 30.7 Å². The molecule has 0 amide bonds. The van der Waals surface area contributed by atoms with Crippen molar-refractivity contribution in [2.24, 2.45) is 0 Å². The van der Waals surface area contributed by atoms with Gasteiger partial charge in [-0.05, 0) is 74.9 Å². The molecule has 1 fully saturated rings. The molecule has 0 spiro atoms. The summed E-state index contributed by atoms with van der Waals surface area (Å²) in [5.41, 5.74) is 12.1. The van der Waals surface area contributed by atoms with Crippen LogP contribution in [0.1, 0.15) is 42.4 Å². The van der Waals surface area contributed by atoms with Crippen LogP contribution >= 0.6 is 0 Å². The minimum absolute atomic E-state index is 0.286. The van der Waals surface area contributed by atoms with E-state index in [0.29, 0.717) is 11.6 Å². The second-order valence-electron chi connectivity index (χ2n) is 8.53. The summed E-state index contributed by atoms with van der Waals surface area (Å²) in [6.45, 7) is 4.24. The fraction of sp³-hybridized carbons (Fsp3) is 0.435. The van der Waals surface area contributed by atoms with Gasteiger partial charge >= 0.3 is 0 Å². The highest BCUT2D eigenvalue weighted by atomic mass is 16.5. The predicted molar refractivity (Wildman–Crippen MR) is 117 cm³/mol. The third-order valence-corrected chi connectivity index (χ3v) is 6.21. The molecule has 30 heavy (non-hydrogen) atoms. The lowest BCUT2D eigenvalue weighted by molar-refractivity contribution is 0.210. The summed E-state index contributed by atoms with van der Waals surface area (Å²) >= 11 is 0. The minimum atomic E-state index is 0.286. The first-order valence-corrected chi connectivity index (χ1v) is 10.7. The number of aryl methyl sites for hydroxylation is 1. The summed E-state index contributed by atoms with van der Waals surface area (Å²) in [5.74, 6) is 1.63. The lowest BCUT2D eigenvalue weighted by Gasteiger charge is -2.27. The molecule has 1 aliphatic carbocycles. The Morgan fingerprint density at radius 3 is 2.83 bits per heavy atom. The van der Waals surface area contributed by atoms with Gasteiger partial charge in [0.05, 0.1) is 30.4 Å². The Kier molecular flexibility index (Phi) is 4.90. The molecule has 0 unspecified atom stereocenters. The smallest absolute Gasteiger partial charge is 0.197 e. The highest BCUT2D eigenvalue weighted by Gasteiger charge is 2.19. The number of hydrogen-bond donors (Lipinski definition) is 1. The molecule has 0 bridgehead atoms. The SMILES string of the molecule is Cc1cc(-c2cnc(N)c(-n3cc(OC4CCCC4)cn3)n2)cc2c1CCN(C)C2. The first-order chi connectivity index (χ1) is 14.6. The number of likely N-dealkylation sites (N-methyl/N-ethyl adjacent to an activating group) is 1. The number of hydrogen-bond acceptors (Lipinski definition) is 6. The van der Waals surface area contributed by atoms with Gasteiger partial charge in [-0.25, -0.2) is 14.6 Å². The number of nitrogen functional groups attached to an aromatic ring is 1. The van der Waals surface area contributed by atoms with Gasteiger partial charge in [0.25, 0.3) is 0 Å². The first-order valence-electron chi connectivity index (χ1n) is 10.7. The molecule has 2 aliphatic rings. The zero-order chi connectivity index (χ0) is 20.7. The van der Waals surface area contributed by atoms with Gasteiger partial charge in [-0.3, -0.25) is 0 Å². The summed E-state index contributed by atoms with van der Waals surface area (Å²) in [7, 11) is 2.16. The predicted octanol–water partition coefficient (Wildman–Crippen LogP) is 3.53. The number of ether oxygens (including phenoxy) is 1. The van der Waals surface area contributed by atoms with Crippen molar-refractivity contribution >= 4 is 5.82 Å². The van der Waals surface area contributed by atoms with Gasteiger partial charge in [0.2, 0.25) is 0 Å². The number of rotatable bonds is 4. The highest BCUT2D eigenvalue weighted by Crippen LogP contribution is 2.29. The van der Waals surface area contributed by atoms with Crippen LogP contribution in [0, 0.1) is 6.92 Å². The summed E-state index contributed by atoms with van der Waals surface area (Å²) in [5, 5.41) is 4.42.